The number of benzene rings is 1. The van der Waals surface area contributed by atoms with Crippen molar-refractivity contribution in [2.24, 2.45) is 0 Å². The lowest BCUT2D eigenvalue weighted by Crippen LogP contribution is -2.24. The van der Waals surface area contributed by atoms with Crippen LogP contribution in [0.15, 0.2) is 48.8 Å². The molecule has 0 saturated carbocycles. The first kappa shape index (κ1) is 14.1. The Balaban J connectivity index is 1.85. The van der Waals surface area contributed by atoms with Crippen LogP contribution < -0.4 is 5.32 Å². The molecule has 1 aromatic carbocycles. The van der Waals surface area contributed by atoms with Gasteiger partial charge in [0.05, 0.1) is 12.5 Å². The molecule has 0 aliphatic rings. The first-order valence-corrected chi connectivity index (χ1v) is 6.24. The normalized spacial score (nSPS) is 11.9. The van der Waals surface area contributed by atoms with Gasteiger partial charge in [0.25, 0.3) is 0 Å². The maximum absolute atomic E-state index is 13.0. The van der Waals surface area contributed by atoms with Gasteiger partial charge in [0.15, 0.2) is 0 Å². The fraction of sp³-hybridized carbons (Fsp3) is 0.200. The molecule has 1 heterocycles. The molecule has 2 aromatic rings. The van der Waals surface area contributed by atoms with Crippen molar-refractivity contribution in [3.8, 4) is 0 Å². The van der Waals surface area contributed by atoms with Crippen molar-refractivity contribution in [3.63, 3.8) is 0 Å². The predicted molar refractivity (Wildman–Crippen MR) is 72.1 cm³/mol. The summed E-state index contributed by atoms with van der Waals surface area (Å²) in [5, 5.41) is 12.6. The van der Waals surface area contributed by atoms with Crippen molar-refractivity contribution < 1.29 is 14.3 Å². The zero-order valence-electron chi connectivity index (χ0n) is 10.8. The van der Waals surface area contributed by atoms with E-state index in [9.17, 15) is 14.3 Å². The number of carbonyl (C=O) groups excluding carboxylic acids is 1. The van der Waals surface area contributed by atoms with E-state index in [1.165, 1.54) is 18.2 Å². The quantitative estimate of drug-likeness (QED) is 0.876. The second-order valence-electron chi connectivity index (χ2n) is 4.41. The van der Waals surface area contributed by atoms with Crippen molar-refractivity contribution in [2.75, 3.05) is 0 Å². The van der Waals surface area contributed by atoms with E-state index < -0.39 is 11.9 Å². The minimum atomic E-state index is -1.01. The number of hydrogen-bond acceptors (Lipinski definition) is 3. The van der Waals surface area contributed by atoms with Gasteiger partial charge in [0, 0.05) is 18.9 Å². The number of halogens is 1. The molecule has 1 aromatic heterocycles. The number of nitrogens with one attached hydrogen (secondary N) is 1. The summed E-state index contributed by atoms with van der Waals surface area (Å²) in [6.07, 6.45) is 2.17. The molecule has 1 atom stereocenters. The lowest BCUT2D eigenvalue weighted by atomic mass is 10.1. The van der Waals surface area contributed by atoms with E-state index in [1.54, 1.807) is 30.6 Å². The number of rotatable bonds is 5. The van der Waals surface area contributed by atoms with E-state index in [0.29, 0.717) is 12.1 Å². The molecule has 4 nitrogen and oxygen atoms in total. The van der Waals surface area contributed by atoms with Crippen LogP contribution in [0, 0.1) is 5.82 Å². The second-order valence-corrected chi connectivity index (χ2v) is 4.41. The summed E-state index contributed by atoms with van der Waals surface area (Å²) < 4.78 is 13.0. The molecular weight excluding hydrogens is 259 g/mol. The standard InChI is InChI=1S/C15H15FN2O2/c16-13-3-1-2-12(8-13)14(19)9-15(20)18-10-11-4-6-17-7-5-11/h1-8,14,19H,9-10H2,(H,18,20). The highest BCUT2D eigenvalue weighted by atomic mass is 19.1. The van der Waals surface area contributed by atoms with E-state index in [0.717, 1.165) is 5.56 Å². The van der Waals surface area contributed by atoms with Crippen LogP contribution in [-0.4, -0.2) is 16.0 Å². The zero-order valence-corrected chi connectivity index (χ0v) is 10.8. The summed E-state index contributed by atoms with van der Waals surface area (Å²) in [7, 11) is 0. The molecule has 0 bridgehead atoms. The number of aliphatic hydroxyl groups is 1. The number of aromatic nitrogens is 1. The maximum Gasteiger partial charge on any atom is 0.223 e. The van der Waals surface area contributed by atoms with Crippen molar-refractivity contribution in [1.82, 2.24) is 10.3 Å². The summed E-state index contributed by atoms with van der Waals surface area (Å²) in [5.74, 6) is -0.725. The number of nitrogens with zero attached hydrogens (tertiary/aromatic N) is 1. The molecule has 1 unspecified atom stereocenters. The van der Waals surface area contributed by atoms with Gasteiger partial charge in [0.2, 0.25) is 5.91 Å². The van der Waals surface area contributed by atoms with Crippen molar-refractivity contribution >= 4 is 5.91 Å². The highest BCUT2D eigenvalue weighted by Crippen LogP contribution is 2.17. The highest BCUT2D eigenvalue weighted by Gasteiger charge is 2.13. The van der Waals surface area contributed by atoms with E-state index in [1.807, 2.05) is 0 Å². The van der Waals surface area contributed by atoms with E-state index in [-0.39, 0.29) is 12.3 Å². The summed E-state index contributed by atoms with van der Waals surface area (Å²) in [5.41, 5.74) is 1.32. The van der Waals surface area contributed by atoms with Crippen LogP contribution in [0.1, 0.15) is 23.7 Å². The fourth-order valence-corrected chi connectivity index (χ4v) is 1.78. The van der Waals surface area contributed by atoms with Crippen LogP contribution in [0.3, 0.4) is 0 Å². The third-order valence-electron chi connectivity index (χ3n) is 2.85. The third-order valence-corrected chi connectivity index (χ3v) is 2.85. The van der Waals surface area contributed by atoms with Gasteiger partial charge in [0.1, 0.15) is 5.82 Å². The van der Waals surface area contributed by atoms with Gasteiger partial charge in [-0.25, -0.2) is 4.39 Å². The van der Waals surface area contributed by atoms with E-state index in [2.05, 4.69) is 10.3 Å². The lowest BCUT2D eigenvalue weighted by molar-refractivity contribution is -0.123. The number of amides is 1. The van der Waals surface area contributed by atoms with Crippen molar-refractivity contribution in [2.45, 2.75) is 19.1 Å². The lowest BCUT2D eigenvalue weighted by Gasteiger charge is -2.11. The minimum absolute atomic E-state index is 0.103. The Morgan fingerprint density at radius 3 is 2.75 bits per heavy atom. The van der Waals surface area contributed by atoms with Gasteiger partial charge in [-0.15, -0.1) is 0 Å². The van der Waals surface area contributed by atoms with Crippen molar-refractivity contribution in [1.29, 1.82) is 0 Å². The summed E-state index contributed by atoms with van der Waals surface area (Å²) in [4.78, 5) is 15.6. The Kier molecular flexibility index (Phi) is 4.79. The average molecular weight is 274 g/mol. The van der Waals surface area contributed by atoms with Crippen molar-refractivity contribution in [3.05, 3.63) is 65.7 Å². The summed E-state index contributed by atoms with van der Waals surface area (Å²) in [6.45, 7) is 0.372. The highest BCUT2D eigenvalue weighted by molar-refractivity contribution is 5.76. The molecule has 0 spiro atoms. The molecular formula is C15H15FN2O2. The first-order chi connectivity index (χ1) is 9.65. The molecule has 2 rings (SSSR count). The SMILES string of the molecule is O=C(CC(O)c1cccc(F)c1)NCc1ccncc1. The minimum Gasteiger partial charge on any atom is -0.388 e. The smallest absolute Gasteiger partial charge is 0.223 e. The molecule has 0 aliphatic heterocycles. The Labute approximate surface area is 116 Å². The topological polar surface area (TPSA) is 62.2 Å². The largest absolute Gasteiger partial charge is 0.388 e. The van der Waals surface area contributed by atoms with Crippen LogP contribution >= 0.6 is 0 Å². The maximum atomic E-state index is 13.0. The Bertz CT molecular complexity index is 575. The molecule has 5 heteroatoms. The molecule has 2 N–H and O–H groups in total. The number of hydrogen-bond donors (Lipinski definition) is 2. The molecule has 0 aliphatic carbocycles. The van der Waals surface area contributed by atoms with Gasteiger partial charge < -0.3 is 10.4 Å². The summed E-state index contributed by atoms with van der Waals surface area (Å²) >= 11 is 0. The van der Waals surface area contributed by atoms with Crippen LogP contribution in [0.5, 0.6) is 0 Å². The van der Waals surface area contributed by atoms with Gasteiger partial charge in [-0.2, -0.15) is 0 Å². The number of aliphatic hydroxyl groups excluding tert-OH is 1. The van der Waals surface area contributed by atoms with Crippen LogP contribution in [0.4, 0.5) is 4.39 Å². The first-order valence-electron chi connectivity index (χ1n) is 6.24. The zero-order chi connectivity index (χ0) is 14.4. The third kappa shape index (κ3) is 4.13. The number of carbonyl (C=O) groups is 1. The molecule has 104 valence electrons. The van der Waals surface area contributed by atoms with Crippen LogP contribution in [-0.2, 0) is 11.3 Å². The Hall–Kier alpha value is -2.27. The van der Waals surface area contributed by atoms with Gasteiger partial charge in [-0.05, 0) is 35.4 Å². The van der Waals surface area contributed by atoms with Crippen LogP contribution in [0.25, 0.3) is 0 Å². The van der Waals surface area contributed by atoms with Crippen LogP contribution in [0.2, 0.25) is 0 Å². The molecule has 0 saturated heterocycles. The summed E-state index contributed by atoms with van der Waals surface area (Å²) in [6, 6.07) is 9.19. The van der Waals surface area contributed by atoms with Gasteiger partial charge in [-0.3, -0.25) is 9.78 Å². The van der Waals surface area contributed by atoms with Gasteiger partial charge in [-0.1, -0.05) is 12.1 Å². The number of pyridine rings is 1. The van der Waals surface area contributed by atoms with E-state index in [4.69, 9.17) is 0 Å². The van der Waals surface area contributed by atoms with E-state index >= 15 is 0 Å². The molecule has 1 amide bonds. The average Bonchev–Trinajstić information content (AvgIpc) is 2.46. The predicted octanol–water partition coefficient (Wildman–Crippen LogP) is 1.96. The molecule has 20 heavy (non-hydrogen) atoms. The monoisotopic (exact) mass is 274 g/mol. The van der Waals surface area contributed by atoms with Gasteiger partial charge >= 0.3 is 0 Å². The fourth-order valence-electron chi connectivity index (χ4n) is 1.78. The molecule has 0 fully saturated rings. The second kappa shape index (κ2) is 6.77. The Morgan fingerprint density at radius 1 is 1.30 bits per heavy atom. The molecule has 0 radical (unpaired) electrons. The Morgan fingerprint density at radius 2 is 2.05 bits per heavy atom.